The molecule has 1 aromatic heterocycles. The van der Waals surface area contributed by atoms with E-state index < -0.39 is 5.82 Å². The minimum Gasteiger partial charge on any atom is -0.356 e. The molecule has 0 radical (unpaired) electrons. The molecule has 0 saturated heterocycles. The predicted molar refractivity (Wildman–Crippen MR) is 88.3 cm³/mol. The van der Waals surface area contributed by atoms with Crippen LogP contribution in [0.1, 0.15) is 11.3 Å². The predicted octanol–water partition coefficient (Wildman–Crippen LogP) is 2.55. The fraction of sp³-hybridized carbons (Fsp3) is 0.353. The second-order valence-electron chi connectivity index (χ2n) is 5.43. The molecule has 0 saturated carbocycles. The van der Waals surface area contributed by atoms with E-state index in [-0.39, 0.29) is 5.82 Å². The summed E-state index contributed by atoms with van der Waals surface area (Å²) >= 11 is 0. The summed E-state index contributed by atoms with van der Waals surface area (Å²) in [4.78, 5) is 6.21. The first-order valence-electron chi connectivity index (χ1n) is 7.47. The maximum atomic E-state index is 13.6. The monoisotopic (exact) mass is 320 g/mol. The van der Waals surface area contributed by atoms with Gasteiger partial charge in [-0.05, 0) is 42.3 Å². The van der Waals surface area contributed by atoms with Gasteiger partial charge in [0.25, 0.3) is 0 Å². The van der Waals surface area contributed by atoms with Gasteiger partial charge in [0.15, 0.2) is 5.96 Å². The zero-order chi connectivity index (χ0) is 16.8. The molecule has 1 heterocycles. The summed E-state index contributed by atoms with van der Waals surface area (Å²) in [6.07, 6.45) is 2.38. The van der Waals surface area contributed by atoms with E-state index in [9.17, 15) is 8.78 Å². The average molecular weight is 320 g/mol. The van der Waals surface area contributed by atoms with Gasteiger partial charge in [0.05, 0.1) is 6.54 Å². The third-order valence-corrected chi connectivity index (χ3v) is 3.71. The van der Waals surface area contributed by atoms with Crippen molar-refractivity contribution >= 4 is 5.96 Å². The van der Waals surface area contributed by atoms with Crippen molar-refractivity contribution in [1.82, 2.24) is 14.8 Å². The number of hydrogen-bond donors (Lipinski definition) is 1. The van der Waals surface area contributed by atoms with E-state index in [4.69, 9.17) is 0 Å². The average Bonchev–Trinajstić information content (AvgIpc) is 2.92. The van der Waals surface area contributed by atoms with E-state index in [1.807, 2.05) is 41.9 Å². The Hall–Kier alpha value is -2.37. The van der Waals surface area contributed by atoms with Crippen LogP contribution in [0, 0.1) is 11.6 Å². The third-order valence-electron chi connectivity index (χ3n) is 3.71. The van der Waals surface area contributed by atoms with Crippen molar-refractivity contribution in [2.75, 3.05) is 20.6 Å². The number of nitrogens with one attached hydrogen (secondary N) is 1. The van der Waals surface area contributed by atoms with Crippen molar-refractivity contribution in [3.8, 4) is 0 Å². The molecule has 4 nitrogen and oxygen atoms in total. The van der Waals surface area contributed by atoms with Crippen LogP contribution >= 0.6 is 0 Å². The highest BCUT2D eigenvalue weighted by Gasteiger charge is 2.09. The smallest absolute Gasteiger partial charge is 0.193 e. The Morgan fingerprint density at radius 1 is 1.30 bits per heavy atom. The van der Waals surface area contributed by atoms with Gasteiger partial charge in [-0.1, -0.05) is 0 Å². The molecule has 6 heteroatoms. The van der Waals surface area contributed by atoms with E-state index in [1.54, 1.807) is 7.05 Å². The fourth-order valence-corrected chi connectivity index (χ4v) is 2.41. The molecule has 0 bridgehead atoms. The molecule has 0 aliphatic carbocycles. The van der Waals surface area contributed by atoms with Gasteiger partial charge in [-0.25, -0.2) is 8.78 Å². The molecule has 23 heavy (non-hydrogen) atoms. The molecule has 0 amide bonds. The highest BCUT2D eigenvalue weighted by molar-refractivity contribution is 5.79. The van der Waals surface area contributed by atoms with Crippen LogP contribution in [0.2, 0.25) is 0 Å². The standard InChI is InChI=1S/C17H22F2N4/c1-20-17(23(3)12-15-5-4-10-22(15)2)21-9-8-13-11-14(18)6-7-16(13)19/h4-7,10-11H,8-9,12H2,1-3H3,(H,20,21). The minimum absolute atomic E-state index is 0.359. The summed E-state index contributed by atoms with van der Waals surface area (Å²) in [6.45, 7) is 1.18. The first-order valence-corrected chi connectivity index (χ1v) is 7.47. The number of halogens is 2. The van der Waals surface area contributed by atoms with Gasteiger partial charge in [0.2, 0.25) is 0 Å². The molecule has 0 unspecified atom stereocenters. The first-order chi connectivity index (χ1) is 11.0. The lowest BCUT2D eigenvalue weighted by molar-refractivity contribution is 0.462. The second-order valence-corrected chi connectivity index (χ2v) is 5.43. The number of rotatable bonds is 5. The lowest BCUT2D eigenvalue weighted by Gasteiger charge is -2.22. The van der Waals surface area contributed by atoms with Crippen LogP contribution in [0.5, 0.6) is 0 Å². The Labute approximate surface area is 135 Å². The van der Waals surface area contributed by atoms with Crippen molar-refractivity contribution < 1.29 is 8.78 Å². The zero-order valence-electron chi connectivity index (χ0n) is 13.7. The molecule has 0 atom stereocenters. The fourth-order valence-electron chi connectivity index (χ4n) is 2.41. The van der Waals surface area contributed by atoms with Gasteiger partial charge in [0.1, 0.15) is 11.6 Å². The molecule has 2 rings (SSSR count). The summed E-state index contributed by atoms with van der Waals surface area (Å²) < 4.78 is 28.8. The molecule has 124 valence electrons. The number of hydrogen-bond acceptors (Lipinski definition) is 1. The summed E-state index contributed by atoms with van der Waals surface area (Å²) in [5.41, 5.74) is 1.52. The van der Waals surface area contributed by atoms with Crippen LogP contribution in [-0.2, 0) is 20.0 Å². The van der Waals surface area contributed by atoms with Gasteiger partial charge in [-0.15, -0.1) is 0 Å². The summed E-state index contributed by atoms with van der Waals surface area (Å²) in [5.74, 6) is -0.102. The number of guanidine groups is 1. The van der Waals surface area contributed by atoms with Gasteiger partial charge in [0, 0.05) is 39.6 Å². The summed E-state index contributed by atoms with van der Waals surface area (Å²) in [6, 6.07) is 7.55. The van der Waals surface area contributed by atoms with Crippen LogP contribution in [0.4, 0.5) is 8.78 Å². The quantitative estimate of drug-likeness (QED) is 0.678. The Morgan fingerprint density at radius 3 is 2.74 bits per heavy atom. The number of aryl methyl sites for hydroxylation is 1. The Balaban J connectivity index is 1.90. The van der Waals surface area contributed by atoms with Crippen molar-refractivity contribution in [3.63, 3.8) is 0 Å². The van der Waals surface area contributed by atoms with Crippen LogP contribution in [0.15, 0.2) is 41.5 Å². The number of nitrogens with zero attached hydrogens (tertiary/aromatic N) is 3. The van der Waals surface area contributed by atoms with Crippen LogP contribution in [0.3, 0.4) is 0 Å². The van der Waals surface area contributed by atoms with E-state index in [2.05, 4.69) is 10.3 Å². The first kappa shape index (κ1) is 17.0. The lowest BCUT2D eigenvalue weighted by Crippen LogP contribution is -2.39. The molecule has 2 aromatic rings. The van der Waals surface area contributed by atoms with E-state index in [0.717, 1.165) is 17.8 Å². The highest BCUT2D eigenvalue weighted by atomic mass is 19.1. The van der Waals surface area contributed by atoms with Gasteiger partial charge < -0.3 is 14.8 Å². The third kappa shape index (κ3) is 4.55. The molecular formula is C17H22F2N4. The lowest BCUT2D eigenvalue weighted by atomic mass is 10.1. The Morgan fingerprint density at radius 2 is 2.09 bits per heavy atom. The van der Waals surface area contributed by atoms with E-state index in [1.165, 1.54) is 6.07 Å². The Bertz CT molecular complexity index is 679. The topological polar surface area (TPSA) is 32.6 Å². The SMILES string of the molecule is CN=C(NCCc1cc(F)ccc1F)N(C)Cc1cccn1C. The van der Waals surface area contributed by atoms with E-state index >= 15 is 0 Å². The van der Waals surface area contributed by atoms with Crippen LogP contribution in [0.25, 0.3) is 0 Å². The van der Waals surface area contributed by atoms with Gasteiger partial charge >= 0.3 is 0 Å². The second kappa shape index (κ2) is 7.76. The van der Waals surface area contributed by atoms with E-state index in [0.29, 0.717) is 31.0 Å². The van der Waals surface area contributed by atoms with Crippen molar-refractivity contribution in [2.45, 2.75) is 13.0 Å². The molecule has 1 N–H and O–H groups in total. The van der Waals surface area contributed by atoms with Crippen LogP contribution < -0.4 is 5.32 Å². The zero-order valence-corrected chi connectivity index (χ0v) is 13.7. The number of aliphatic imine (C=N–C) groups is 1. The molecule has 0 aliphatic heterocycles. The normalized spacial score (nSPS) is 11.6. The number of aromatic nitrogens is 1. The highest BCUT2D eigenvalue weighted by Crippen LogP contribution is 2.10. The Kier molecular flexibility index (Phi) is 5.73. The summed E-state index contributed by atoms with van der Waals surface area (Å²) in [5, 5.41) is 3.17. The maximum Gasteiger partial charge on any atom is 0.193 e. The molecule has 1 aromatic carbocycles. The van der Waals surface area contributed by atoms with Gasteiger partial charge in [-0.2, -0.15) is 0 Å². The van der Waals surface area contributed by atoms with Crippen molar-refractivity contribution in [2.24, 2.45) is 12.0 Å². The molecule has 0 fully saturated rings. The molecular weight excluding hydrogens is 298 g/mol. The van der Waals surface area contributed by atoms with Crippen LogP contribution in [-0.4, -0.2) is 36.1 Å². The molecule has 0 spiro atoms. The summed E-state index contributed by atoms with van der Waals surface area (Å²) in [7, 11) is 5.63. The van der Waals surface area contributed by atoms with Gasteiger partial charge in [-0.3, -0.25) is 4.99 Å². The largest absolute Gasteiger partial charge is 0.356 e. The van der Waals surface area contributed by atoms with Crippen molar-refractivity contribution in [1.29, 1.82) is 0 Å². The van der Waals surface area contributed by atoms with Crippen molar-refractivity contribution in [3.05, 3.63) is 59.4 Å². The number of benzene rings is 1. The molecule has 0 aliphatic rings. The maximum absolute atomic E-state index is 13.6. The minimum atomic E-state index is -0.424.